The molecular formula is C12H22F2O2. The maximum absolute atomic E-state index is 11.7. The van der Waals surface area contributed by atoms with Crippen molar-refractivity contribution in [2.75, 3.05) is 20.0 Å². The lowest BCUT2D eigenvalue weighted by Gasteiger charge is -2.02. The quantitative estimate of drug-likeness (QED) is 0.405. The molecule has 0 atom stereocenters. The van der Waals surface area contributed by atoms with Gasteiger partial charge in [0.2, 0.25) is 0 Å². The summed E-state index contributed by atoms with van der Waals surface area (Å²) in [5, 5.41) is 0. The Kier molecular flexibility index (Phi) is 11.9. The molecule has 0 fully saturated rings. The summed E-state index contributed by atoms with van der Waals surface area (Å²) in [6.07, 6.45) is 7.02. The monoisotopic (exact) mass is 236 g/mol. The summed E-state index contributed by atoms with van der Waals surface area (Å²) in [6, 6.07) is 0. The highest BCUT2D eigenvalue weighted by Crippen LogP contribution is 2.09. The van der Waals surface area contributed by atoms with Crippen molar-refractivity contribution in [1.82, 2.24) is 0 Å². The Labute approximate surface area is 96.4 Å². The number of carbonyl (C=O) groups is 1. The van der Waals surface area contributed by atoms with Gasteiger partial charge < -0.3 is 4.74 Å². The summed E-state index contributed by atoms with van der Waals surface area (Å²) in [5.41, 5.74) is 0. The van der Waals surface area contributed by atoms with Crippen LogP contribution in [0.25, 0.3) is 0 Å². The Bertz CT molecular complexity index is 163. The number of hydrogen-bond donors (Lipinski definition) is 0. The fourth-order valence-electron chi connectivity index (χ4n) is 1.47. The number of unbranched alkanes of at least 4 members (excludes halogenated alkanes) is 6. The first-order valence-electron chi connectivity index (χ1n) is 6.08. The van der Waals surface area contributed by atoms with Gasteiger partial charge in [-0.2, -0.15) is 0 Å². The Morgan fingerprint density at radius 1 is 0.812 bits per heavy atom. The van der Waals surface area contributed by atoms with E-state index in [0.717, 1.165) is 38.5 Å². The largest absolute Gasteiger partial charge is 0.463 e. The Hall–Kier alpha value is -0.670. The highest BCUT2D eigenvalue weighted by Gasteiger charge is 2.01. The van der Waals surface area contributed by atoms with Gasteiger partial charge in [-0.05, 0) is 12.8 Å². The maximum Gasteiger partial charge on any atom is 0.305 e. The minimum atomic E-state index is -0.611. The lowest BCUT2D eigenvalue weighted by molar-refractivity contribution is -0.144. The minimum absolute atomic E-state index is 0.123. The Balaban J connectivity index is 3.05. The molecule has 0 radical (unpaired) electrons. The van der Waals surface area contributed by atoms with Crippen molar-refractivity contribution in [3.8, 4) is 0 Å². The molecule has 4 heteroatoms. The maximum atomic E-state index is 11.7. The van der Waals surface area contributed by atoms with E-state index in [-0.39, 0.29) is 19.3 Å². The molecule has 2 nitrogen and oxygen atoms in total. The normalized spacial score (nSPS) is 10.4. The first-order valence-corrected chi connectivity index (χ1v) is 6.08. The van der Waals surface area contributed by atoms with Crippen LogP contribution in [0.1, 0.15) is 51.4 Å². The molecule has 0 aliphatic rings. The van der Waals surface area contributed by atoms with Gasteiger partial charge in [-0.3, -0.25) is 9.18 Å². The van der Waals surface area contributed by atoms with Crippen LogP contribution < -0.4 is 0 Å². The van der Waals surface area contributed by atoms with Crippen molar-refractivity contribution in [3.63, 3.8) is 0 Å². The van der Waals surface area contributed by atoms with E-state index in [1.165, 1.54) is 0 Å². The van der Waals surface area contributed by atoms with Gasteiger partial charge in [0.15, 0.2) is 0 Å². The second-order valence-electron chi connectivity index (χ2n) is 3.82. The molecule has 0 aliphatic carbocycles. The molecule has 0 aromatic heterocycles. The fourth-order valence-corrected chi connectivity index (χ4v) is 1.47. The SMILES string of the molecule is O=C(CCCCCCCCCF)OCCF. The van der Waals surface area contributed by atoms with Crippen molar-refractivity contribution in [2.24, 2.45) is 0 Å². The fraction of sp³-hybridized carbons (Fsp3) is 0.917. The van der Waals surface area contributed by atoms with Gasteiger partial charge in [0, 0.05) is 6.42 Å². The van der Waals surface area contributed by atoms with E-state index in [1.54, 1.807) is 0 Å². The first-order chi connectivity index (χ1) is 7.81. The third-order valence-electron chi connectivity index (χ3n) is 2.35. The number of halogens is 2. The zero-order valence-electron chi connectivity index (χ0n) is 9.85. The summed E-state index contributed by atoms with van der Waals surface area (Å²) in [6.45, 7) is -0.956. The third-order valence-corrected chi connectivity index (χ3v) is 2.35. The van der Waals surface area contributed by atoms with Crippen molar-refractivity contribution in [3.05, 3.63) is 0 Å². The lowest BCUT2D eigenvalue weighted by atomic mass is 10.1. The van der Waals surface area contributed by atoms with Crippen LogP contribution in [0.15, 0.2) is 0 Å². The van der Waals surface area contributed by atoms with E-state index >= 15 is 0 Å². The van der Waals surface area contributed by atoms with Crippen molar-refractivity contribution >= 4 is 5.97 Å². The molecule has 0 aromatic carbocycles. The zero-order chi connectivity index (χ0) is 12.1. The Morgan fingerprint density at radius 3 is 1.94 bits per heavy atom. The molecule has 96 valence electrons. The van der Waals surface area contributed by atoms with Crippen LogP contribution in [0.4, 0.5) is 8.78 Å². The standard InChI is InChI=1S/C12H22F2O2/c13-9-7-5-3-1-2-4-6-8-12(15)16-11-10-14/h1-11H2. The van der Waals surface area contributed by atoms with Crippen LogP contribution >= 0.6 is 0 Å². The number of esters is 1. The average molecular weight is 236 g/mol. The van der Waals surface area contributed by atoms with Gasteiger partial charge in [-0.15, -0.1) is 0 Å². The molecule has 0 N–H and O–H groups in total. The smallest absolute Gasteiger partial charge is 0.305 e. The molecule has 0 bridgehead atoms. The molecule has 16 heavy (non-hydrogen) atoms. The topological polar surface area (TPSA) is 26.3 Å². The van der Waals surface area contributed by atoms with E-state index in [0.29, 0.717) is 12.8 Å². The number of alkyl halides is 2. The van der Waals surface area contributed by atoms with E-state index in [2.05, 4.69) is 4.74 Å². The van der Waals surface area contributed by atoms with Gasteiger partial charge in [0.1, 0.15) is 13.3 Å². The van der Waals surface area contributed by atoms with Crippen LogP contribution in [-0.4, -0.2) is 25.9 Å². The van der Waals surface area contributed by atoms with Gasteiger partial charge >= 0.3 is 5.97 Å². The molecule has 0 aromatic rings. The summed E-state index contributed by atoms with van der Waals surface area (Å²) in [7, 11) is 0. The Morgan fingerprint density at radius 2 is 1.38 bits per heavy atom. The molecule has 0 rings (SSSR count). The average Bonchev–Trinajstić information content (AvgIpc) is 2.30. The van der Waals surface area contributed by atoms with Gasteiger partial charge in [-0.25, -0.2) is 4.39 Å². The number of rotatable bonds is 11. The second-order valence-corrected chi connectivity index (χ2v) is 3.82. The summed E-state index contributed by atoms with van der Waals surface area (Å²) < 4.78 is 28.0. The first kappa shape index (κ1) is 15.3. The highest BCUT2D eigenvalue weighted by molar-refractivity contribution is 5.69. The van der Waals surface area contributed by atoms with E-state index < -0.39 is 6.67 Å². The molecule has 0 amide bonds. The predicted octanol–water partition coefficient (Wildman–Crippen LogP) is 3.59. The van der Waals surface area contributed by atoms with Crippen molar-refractivity contribution in [1.29, 1.82) is 0 Å². The number of ether oxygens (including phenoxy) is 1. The molecule has 0 saturated carbocycles. The summed E-state index contributed by atoms with van der Waals surface area (Å²) in [4.78, 5) is 10.9. The van der Waals surface area contributed by atoms with Crippen molar-refractivity contribution < 1.29 is 18.3 Å². The zero-order valence-corrected chi connectivity index (χ0v) is 9.85. The van der Waals surface area contributed by atoms with E-state index in [4.69, 9.17) is 0 Å². The number of hydrogen-bond acceptors (Lipinski definition) is 2. The van der Waals surface area contributed by atoms with E-state index in [9.17, 15) is 13.6 Å². The van der Waals surface area contributed by atoms with Crippen LogP contribution in [-0.2, 0) is 9.53 Å². The molecule has 0 saturated heterocycles. The molecule has 0 spiro atoms. The van der Waals surface area contributed by atoms with Crippen molar-refractivity contribution in [2.45, 2.75) is 51.4 Å². The van der Waals surface area contributed by atoms with Gasteiger partial charge in [0.25, 0.3) is 0 Å². The van der Waals surface area contributed by atoms with Gasteiger partial charge in [-0.1, -0.05) is 32.1 Å². The van der Waals surface area contributed by atoms with Crippen LogP contribution in [0.2, 0.25) is 0 Å². The van der Waals surface area contributed by atoms with Crippen LogP contribution in [0.5, 0.6) is 0 Å². The van der Waals surface area contributed by atoms with Crippen LogP contribution in [0, 0.1) is 0 Å². The molecule has 0 heterocycles. The number of carbonyl (C=O) groups excluding carboxylic acids is 1. The molecule has 0 aliphatic heterocycles. The summed E-state index contributed by atoms with van der Waals surface area (Å²) >= 11 is 0. The lowest BCUT2D eigenvalue weighted by Crippen LogP contribution is -2.06. The summed E-state index contributed by atoms with van der Waals surface area (Å²) in [5.74, 6) is -0.310. The molecule has 0 unspecified atom stereocenters. The highest BCUT2D eigenvalue weighted by atomic mass is 19.1. The second kappa shape index (κ2) is 12.4. The van der Waals surface area contributed by atoms with Gasteiger partial charge in [0.05, 0.1) is 6.67 Å². The molecular weight excluding hydrogens is 214 g/mol. The van der Waals surface area contributed by atoms with Crippen LogP contribution in [0.3, 0.4) is 0 Å². The third kappa shape index (κ3) is 11.4. The van der Waals surface area contributed by atoms with E-state index in [1.807, 2.05) is 0 Å². The predicted molar refractivity (Wildman–Crippen MR) is 59.8 cm³/mol. The minimum Gasteiger partial charge on any atom is -0.463 e.